The molecule has 0 radical (unpaired) electrons. The summed E-state index contributed by atoms with van der Waals surface area (Å²) >= 11 is 0. The average Bonchev–Trinajstić information content (AvgIpc) is 2.58. The van der Waals surface area contributed by atoms with Crippen LogP contribution in [0.4, 0.5) is 9.59 Å². The quantitative estimate of drug-likeness (QED) is 0.454. The van der Waals surface area contributed by atoms with Crippen LogP contribution >= 0.6 is 0 Å². The number of nitrogens with zero attached hydrogens (tertiary/aromatic N) is 2. The van der Waals surface area contributed by atoms with Crippen LogP contribution in [0.5, 0.6) is 0 Å². The second kappa shape index (κ2) is 4.61. The lowest BCUT2D eigenvalue weighted by Gasteiger charge is -2.29. The minimum atomic E-state index is -2.30. The molecule has 1 aliphatic rings. The van der Waals surface area contributed by atoms with E-state index in [9.17, 15) is 19.2 Å². The zero-order valence-electron chi connectivity index (χ0n) is 10.4. The van der Waals surface area contributed by atoms with Gasteiger partial charge in [-0.3, -0.25) is 14.5 Å². The number of urea groups is 2. The second-order valence-electron chi connectivity index (χ2n) is 3.46. The van der Waals surface area contributed by atoms with Gasteiger partial charge < -0.3 is 15.4 Å². The van der Waals surface area contributed by atoms with Crippen molar-refractivity contribution in [3.05, 3.63) is 0 Å². The monoisotopic (exact) mass is 258 g/mol. The van der Waals surface area contributed by atoms with Crippen molar-refractivity contribution in [2.75, 3.05) is 28.3 Å². The van der Waals surface area contributed by atoms with E-state index in [4.69, 9.17) is 4.74 Å². The Balaban J connectivity index is 3.42. The van der Waals surface area contributed by atoms with Crippen LogP contribution in [-0.4, -0.2) is 67.7 Å². The van der Waals surface area contributed by atoms with Crippen molar-refractivity contribution in [3.63, 3.8) is 0 Å². The molecule has 1 unspecified atom stereocenters. The van der Waals surface area contributed by atoms with Gasteiger partial charge in [0.15, 0.2) is 0 Å². The fourth-order valence-corrected chi connectivity index (χ4v) is 1.68. The number of ether oxygens (including phenoxy) is 1. The van der Waals surface area contributed by atoms with Crippen LogP contribution < -0.4 is 10.6 Å². The highest BCUT2D eigenvalue weighted by molar-refractivity contribution is 6.22. The Morgan fingerprint density at radius 3 is 2.17 bits per heavy atom. The predicted octanol–water partition coefficient (Wildman–Crippen LogP) is -1.69. The number of amides is 6. The van der Waals surface area contributed by atoms with Crippen molar-refractivity contribution in [1.29, 1.82) is 0 Å². The Morgan fingerprint density at radius 1 is 1.22 bits per heavy atom. The number of hydrogen-bond donors (Lipinski definition) is 2. The zero-order chi connectivity index (χ0) is 14.1. The fraction of sp³-hybridized carbons (Fsp3) is 0.556. The third-order valence-electron chi connectivity index (χ3n) is 2.63. The van der Waals surface area contributed by atoms with Gasteiger partial charge >= 0.3 is 17.8 Å². The molecule has 100 valence electrons. The highest BCUT2D eigenvalue weighted by atomic mass is 16.5. The standard InChI is InChI=1S/C9H14N4O5/c1-10-5(14)9(18-4)6(15)12(3)8(17)13(9)7(16)11-2/h1-4H3,(H,10,14)(H,11,16). The van der Waals surface area contributed by atoms with Gasteiger partial charge in [0, 0.05) is 28.3 Å². The van der Waals surface area contributed by atoms with E-state index in [2.05, 4.69) is 10.6 Å². The molecular weight excluding hydrogens is 244 g/mol. The lowest BCUT2D eigenvalue weighted by atomic mass is 10.1. The summed E-state index contributed by atoms with van der Waals surface area (Å²) in [5.74, 6) is -1.84. The Bertz CT molecular complexity index is 423. The first-order chi connectivity index (χ1) is 8.38. The van der Waals surface area contributed by atoms with Gasteiger partial charge in [-0.25, -0.2) is 9.59 Å². The van der Waals surface area contributed by atoms with Gasteiger partial charge in [0.25, 0.3) is 11.8 Å². The number of likely N-dealkylation sites (N-methyl/N-ethyl adjacent to an activating group) is 2. The van der Waals surface area contributed by atoms with Crippen LogP contribution in [0.1, 0.15) is 0 Å². The van der Waals surface area contributed by atoms with Crippen molar-refractivity contribution >= 4 is 23.9 Å². The molecule has 6 amide bonds. The first kappa shape index (κ1) is 13.9. The molecule has 1 heterocycles. The van der Waals surface area contributed by atoms with Crippen molar-refractivity contribution in [2.24, 2.45) is 0 Å². The van der Waals surface area contributed by atoms with Crippen molar-refractivity contribution in [1.82, 2.24) is 20.4 Å². The molecule has 0 aromatic rings. The number of imide groups is 2. The van der Waals surface area contributed by atoms with Gasteiger partial charge in [-0.1, -0.05) is 0 Å². The molecule has 1 atom stereocenters. The number of hydrogen-bond acceptors (Lipinski definition) is 5. The van der Waals surface area contributed by atoms with Gasteiger partial charge in [-0.05, 0) is 0 Å². The van der Waals surface area contributed by atoms with E-state index in [0.717, 1.165) is 14.2 Å². The van der Waals surface area contributed by atoms with Gasteiger partial charge in [0.1, 0.15) is 0 Å². The van der Waals surface area contributed by atoms with Crippen LogP contribution in [0, 0.1) is 0 Å². The van der Waals surface area contributed by atoms with Crippen molar-refractivity contribution in [2.45, 2.75) is 5.72 Å². The maximum absolute atomic E-state index is 12.0. The molecule has 0 saturated carbocycles. The summed E-state index contributed by atoms with van der Waals surface area (Å²) in [6.07, 6.45) is 0. The summed E-state index contributed by atoms with van der Waals surface area (Å²) in [7, 11) is 4.75. The number of methoxy groups -OCH3 is 1. The minimum Gasteiger partial charge on any atom is -0.354 e. The van der Waals surface area contributed by atoms with Gasteiger partial charge in [-0.2, -0.15) is 4.90 Å². The molecule has 0 aromatic carbocycles. The van der Waals surface area contributed by atoms with E-state index in [-0.39, 0.29) is 0 Å². The molecule has 9 nitrogen and oxygen atoms in total. The Hall–Kier alpha value is -2.16. The van der Waals surface area contributed by atoms with Crippen LogP contribution in [-0.2, 0) is 14.3 Å². The molecule has 18 heavy (non-hydrogen) atoms. The SMILES string of the molecule is CNC(=O)N1C(=O)N(C)C(=O)C1(OC)C(=O)NC. The number of nitrogens with one attached hydrogen (secondary N) is 2. The zero-order valence-corrected chi connectivity index (χ0v) is 10.4. The lowest BCUT2D eigenvalue weighted by Crippen LogP contribution is -2.63. The first-order valence-electron chi connectivity index (χ1n) is 4.99. The summed E-state index contributed by atoms with van der Waals surface area (Å²) in [5.41, 5.74) is -2.30. The smallest absolute Gasteiger partial charge is 0.338 e. The van der Waals surface area contributed by atoms with Crippen LogP contribution in [0.2, 0.25) is 0 Å². The molecule has 0 bridgehead atoms. The predicted molar refractivity (Wildman–Crippen MR) is 58.3 cm³/mol. The summed E-state index contributed by atoms with van der Waals surface area (Å²) in [5, 5.41) is 4.37. The van der Waals surface area contributed by atoms with E-state index >= 15 is 0 Å². The summed E-state index contributed by atoms with van der Waals surface area (Å²) in [6.45, 7) is 0. The molecule has 0 aromatic heterocycles. The fourth-order valence-electron chi connectivity index (χ4n) is 1.68. The van der Waals surface area contributed by atoms with Crippen LogP contribution in [0.15, 0.2) is 0 Å². The minimum absolute atomic E-state index is 0.439. The second-order valence-corrected chi connectivity index (χ2v) is 3.46. The number of rotatable bonds is 2. The molecular formula is C9H14N4O5. The summed E-state index contributed by atoms with van der Waals surface area (Å²) in [6, 6.07) is -1.85. The third-order valence-corrected chi connectivity index (χ3v) is 2.63. The molecule has 9 heteroatoms. The van der Waals surface area contributed by atoms with E-state index in [0.29, 0.717) is 9.80 Å². The summed E-state index contributed by atoms with van der Waals surface area (Å²) < 4.78 is 4.88. The molecule has 0 aliphatic carbocycles. The van der Waals surface area contributed by atoms with Crippen LogP contribution in [0.3, 0.4) is 0 Å². The van der Waals surface area contributed by atoms with E-state index < -0.39 is 29.6 Å². The van der Waals surface area contributed by atoms with E-state index in [1.165, 1.54) is 14.1 Å². The highest BCUT2D eigenvalue weighted by Crippen LogP contribution is 2.28. The van der Waals surface area contributed by atoms with Gasteiger partial charge in [0.05, 0.1) is 0 Å². The Labute approximate surface area is 103 Å². The lowest BCUT2D eigenvalue weighted by molar-refractivity contribution is -0.167. The molecule has 2 N–H and O–H groups in total. The van der Waals surface area contributed by atoms with Crippen molar-refractivity contribution < 1.29 is 23.9 Å². The average molecular weight is 258 g/mol. The van der Waals surface area contributed by atoms with Crippen LogP contribution in [0.25, 0.3) is 0 Å². The molecule has 1 aliphatic heterocycles. The summed E-state index contributed by atoms with van der Waals surface area (Å²) in [4.78, 5) is 48.4. The number of carbonyl (C=O) groups is 4. The molecule has 0 spiro atoms. The molecule has 1 fully saturated rings. The Kier molecular flexibility index (Phi) is 3.56. The molecule has 1 saturated heterocycles. The van der Waals surface area contributed by atoms with Gasteiger partial charge in [0.2, 0.25) is 0 Å². The highest BCUT2D eigenvalue weighted by Gasteiger charge is 2.64. The van der Waals surface area contributed by atoms with Crippen molar-refractivity contribution in [3.8, 4) is 0 Å². The third kappa shape index (κ3) is 1.51. The van der Waals surface area contributed by atoms with E-state index in [1.807, 2.05) is 0 Å². The van der Waals surface area contributed by atoms with Gasteiger partial charge in [-0.15, -0.1) is 0 Å². The first-order valence-corrected chi connectivity index (χ1v) is 4.99. The van der Waals surface area contributed by atoms with E-state index in [1.54, 1.807) is 0 Å². The maximum Gasteiger partial charge on any atom is 0.338 e. The topological polar surface area (TPSA) is 108 Å². The largest absolute Gasteiger partial charge is 0.354 e. The normalized spacial score (nSPS) is 23.3. The Morgan fingerprint density at radius 2 is 1.78 bits per heavy atom. The maximum atomic E-state index is 12.0. The molecule has 1 rings (SSSR count). The number of carbonyl (C=O) groups excluding carboxylic acids is 4.